The Morgan fingerprint density at radius 2 is 1.67 bits per heavy atom. The van der Waals surface area contributed by atoms with Crippen LogP contribution in [-0.2, 0) is 6.42 Å². The summed E-state index contributed by atoms with van der Waals surface area (Å²) in [6, 6.07) is 19.8. The van der Waals surface area contributed by atoms with E-state index in [1.54, 1.807) is 20.3 Å². The van der Waals surface area contributed by atoms with E-state index in [1.807, 2.05) is 36.4 Å². The van der Waals surface area contributed by atoms with Crippen LogP contribution >= 0.6 is 0 Å². The van der Waals surface area contributed by atoms with Gasteiger partial charge in [-0.2, -0.15) is 0 Å². The van der Waals surface area contributed by atoms with Gasteiger partial charge in [-0.1, -0.05) is 36.4 Å². The van der Waals surface area contributed by atoms with E-state index in [9.17, 15) is 5.11 Å². The lowest BCUT2D eigenvalue weighted by atomic mass is 9.88. The van der Waals surface area contributed by atoms with Crippen molar-refractivity contribution in [3.8, 4) is 28.4 Å². The second kappa shape index (κ2) is 7.33. The smallest absolute Gasteiger partial charge is 0.127 e. The van der Waals surface area contributed by atoms with Crippen molar-refractivity contribution in [1.82, 2.24) is 5.32 Å². The highest BCUT2D eigenvalue weighted by atomic mass is 16.5. The summed E-state index contributed by atoms with van der Waals surface area (Å²) in [5, 5.41) is 13.4. The van der Waals surface area contributed by atoms with E-state index in [4.69, 9.17) is 9.47 Å². The van der Waals surface area contributed by atoms with Crippen molar-refractivity contribution in [3.05, 3.63) is 77.4 Å². The van der Waals surface area contributed by atoms with Crippen LogP contribution in [0.15, 0.2) is 60.7 Å². The average Bonchev–Trinajstić information content (AvgIpc) is 2.72. The van der Waals surface area contributed by atoms with Gasteiger partial charge in [-0.3, -0.25) is 0 Å². The number of ether oxygens (including phenoxy) is 2. The van der Waals surface area contributed by atoms with Crippen molar-refractivity contribution in [2.75, 3.05) is 20.8 Å². The second-order valence-corrected chi connectivity index (χ2v) is 6.68. The van der Waals surface area contributed by atoms with Crippen LogP contribution in [0.5, 0.6) is 17.2 Å². The molecule has 4 rings (SSSR count). The van der Waals surface area contributed by atoms with Crippen molar-refractivity contribution in [3.63, 3.8) is 0 Å². The van der Waals surface area contributed by atoms with Crippen LogP contribution in [0.2, 0.25) is 0 Å². The first-order valence-corrected chi connectivity index (χ1v) is 9.07. The molecule has 3 aromatic carbocycles. The monoisotopic (exact) mass is 361 g/mol. The van der Waals surface area contributed by atoms with Gasteiger partial charge in [0.15, 0.2) is 0 Å². The van der Waals surface area contributed by atoms with E-state index in [0.29, 0.717) is 5.75 Å². The number of fused-ring (bicyclic) bond motifs is 1. The highest BCUT2D eigenvalue weighted by molar-refractivity contribution is 5.73. The number of rotatable bonds is 4. The van der Waals surface area contributed by atoms with Gasteiger partial charge in [0.05, 0.1) is 20.3 Å². The normalized spacial score (nSPS) is 15.9. The van der Waals surface area contributed by atoms with Gasteiger partial charge >= 0.3 is 0 Å². The molecule has 3 aromatic rings. The quantitative estimate of drug-likeness (QED) is 0.727. The van der Waals surface area contributed by atoms with E-state index in [2.05, 4.69) is 23.5 Å². The molecule has 0 saturated carbocycles. The molecule has 0 aliphatic carbocycles. The van der Waals surface area contributed by atoms with Crippen LogP contribution in [0.4, 0.5) is 0 Å². The molecule has 0 saturated heterocycles. The molecule has 1 aliphatic rings. The van der Waals surface area contributed by atoms with Gasteiger partial charge in [-0.15, -0.1) is 0 Å². The fraction of sp³-hybridized carbons (Fsp3) is 0.217. The van der Waals surface area contributed by atoms with E-state index in [1.165, 1.54) is 0 Å². The Morgan fingerprint density at radius 3 is 2.41 bits per heavy atom. The molecule has 1 atom stereocenters. The van der Waals surface area contributed by atoms with Crippen LogP contribution in [0.3, 0.4) is 0 Å². The van der Waals surface area contributed by atoms with Gasteiger partial charge in [0.25, 0.3) is 0 Å². The number of hydrogen-bond acceptors (Lipinski definition) is 4. The Morgan fingerprint density at radius 1 is 0.889 bits per heavy atom. The number of aromatic hydroxyl groups is 1. The number of phenolic OH excluding ortho intramolecular Hbond substituents is 1. The second-order valence-electron chi connectivity index (χ2n) is 6.68. The third-order valence-electron chi connectivity index (χ3n) is 5.13. The molecule has 1 unspecified atom stereocenters. The first-order valence-electron chi connectivity index (χ1n) is 9.07. The summed E-state index contributed by atoms with van der Waals surface area (Å²) in [6.07, 6.45) is 0.891. The molecule has 0 bridgehead atoms. The lowest BCUT2D eigenvalue weighted by molar-refractivity contribution is 0.393. The first-order chi connectivity index (χ1) is 13.2. The van der Waals surface area contributed by atoms with Gasteiger partial charge in [-0.25, -0.2) is 0 Å². The molecule has 4 heteroatoms. The highest BCUT2D eigenvalue weighted by Crippen LogP contribution is 2.41. The number of phenols is 1. The molecule has 2 N–H and O–H groups in total. The molecule has 0 spiro atoms. The number of nitrogens with one attached hydrogen (secondary N) is 1. The molecule has 27 heavy (non-hydrogen) atoms. The van der Waals surface area contributed by atoms with Crippen LogP contribution in [-0.4, -0.2) is 25.9 Å². The summed E-state index contributed by atoms with van der Waals surface area (Å²) >= 11 is 0. The summed E-state index contributed by atoms with van der Waals surface area (Å²) in [7, 11) is 3.39. The van der Waals surface area contributed by atoms with Crippen LogP contribution in [0, 0.1) is 0 Å². The van der Waals surface area contributed by atoms with Crippen LogP contribution in [0.1, 0.15) is 22.7 Å². The zero-order valence-electron chi connectivity index (χ0n) is 15.5. The van der Waals surface area contributed by atoms with Crippen molar-refractivity contribution in [2.45, 2.75) is 12.5 Å². The molecule has 0 amide bonds. The maximum atomic E-state index is 9.83. The zero-order valence-corrected chi connectivity index (χ0v) is 15.5. The summed E-state index contributed by atoms with van der Waals surface area (Å²) in [5.41, 5.74) is 5.43. The van der Waals surface area contributed by atoms with E-state index in [-0.39, 0.29) is 6.04 Å². The Balaban J connectivity index is 1.85. The lowest BCUT2D eigenvalue weighted by Crippen LogP contribution is -2.30. The molecule has 138 valence electrons. The number of hydrogen-bond donors (Lipinski definition) is 2. The molecule has 0 fully saturated rings. The SMILES string of the molecule is COc1cc(C2NCCc3cc(O)ccc32)c(OC)cc1-c1ccccc1. The van der Waals surface area contributed by atoms with Gasteiger partial charge < -0.3 is 19.9 Å². The molecular formula is C23H23NO3. The maximum absolute atomic E-state index is 9.83. The minimum Gasteiger partial charge on any atom is -0.508 e. The third-order valence-corrected chi connectivity index (χ3v) is 5.13. The van der Waals surface area contributed by atoms with E-state index >= 15 is 0 Å². The van der Waals surface area contributed by atoms with Gasteiger partial charge in [0, 0.05) is 17.7 Å². The lowest BCUT2D eigenvalue weighted by Gasteiger charge is -2.29. The zero-order chi connectivity index (χ0) is 18.8. The highest BCUT2D eigenvalue weighted by Gasteiger charge is 2.26. The Kier molecular flexibility index (Phi) is 4.73. The topological polar surface area (TPSA) is 50.7 Å². The Hall–Kier alpha value is -2.98. The number of methoxy groups -OCH3 is 2. The summed E-state index contributed by atoms with van der Waals surface area (Å²) in [6.45, 7) is 0.840. The van der Waals surface area contributed by atoms with Gasteiger partial charge in [-0.05, 0) is 47.4 Å². The van der Waals surface area contributed by atoms with Crippen LogP contribution in [0.25, 0.3) is 11.1 Å². The Bertz CT molecular complexity index is 953. The minimum absolute atomic E-state index is 0.0111. The summed E-state index contributed by atoms with van der Waals surface area (Å²) < 4.78 is 11.5. The van der Waals surface area contributed by atoms with Crippen LogP contribution < -0.4 is 14.8 Å². The standard InChI is InChI=1S/C23H23NO3/c1-26-21-14-20(22(27-2)13-19(21)15-6-4-3-5-7-15)23-18-9-8-17(25)12-16(18)10-11-24-23/h3-9,12-14,23-25H,10-11H2,1-2H3. The average molecular weight is 361 g/mol. The molecule has 0 aromatic heterocycles. The molecule has 4 nitrogen and oxygen atoms in total. The Labute approximate surface area is 159 Å². The molecular weight excluding hydrogens is 338 g/mol. The minimum atomic E-state index is -0.0111. The molecule has 1 heterocycles. The summed E-state index contributed by atoms with van der Waals surface area (Å²) in [4.78, 5) is 0. The van der Waals surface area contributed by atoms with E-state index in [0.717, 1.165) is 52.3 Å². The maximum Gasteiger partial charge on any atom is 0.127 e. The summed E-state index contributed by atoms with van der Waals surface area (Å²) in [5.74, 6) is 1.93. The predicted molar refractivity (Wildman–Crippen MR) is 107 cm³/mol. The van der Waals surface area contributed by atoms with E-state index < -0.39 is 0 Å². The molecule has 1 aliphatic heterocycles. The predicted octanol–water partition coefficient (Wildman–Crippen LogP) is 4.31. The van der Waals surface area contributed by atoms with Crippen molar-refractivity contribution in [1.29, 1.82) is 0 Å². The number of benzene rings is 3. The fourth-order valence-electron chi connectivity index (χ4n) is 3.82. The fourth-order valence-corrected chi connectivity index (χ4v) is 3.82. The first kappa shape index (κ1) is 17.4. The van der Waals surface area contributed by atoms with Crippen molar-refractivity contribution < 1.29 is 14.6 Å². The van der Waals surface area contributed by atoms with Gasteiger partial charge in [0.2, 0.25) is 0 Å². The largest absolute Gasteiger partial charge is 0.508 e. The van der Waals surface area contributed by atoms with Gasteiger partial charge in [0.1, 0.15) is 17.2 Å². The van der Waals surface area contributed by atoms with Crippen molar-refractivity contribution in [2.24, 2.45) is 0 Å². The molecule has 0 radical (unpaired) electrons. The van der Waals surface area contributed by atoms with Crippen molar-refractivity contribution >= 4 is 0 Å². The third kappa shape index (κ3) is 3.24.